The number of guanidine groups is 1. The molecule has 0 spiro atoms. The van der Waals surface area contributed by atoms with E-state index in [0.29, 0.717) is 32.2 Å². The van der Waals surface area contributed by atoms with Crippen molar-refractivity contribution in [2.24, 2.45) is 10.9 Å². The summed E-state index contributed by atoms with van der Waals surface area (Å²) in [5.74, 6) is 2.24. The lowest BCUT2D eigenvalue weighted by atomic mass is 10.1. The minimum absolute atomic E-state index is 0. The topological polar surface area (TPSA) is 75.6 Å². The summed E-state index contributed by atoms with van der Waals surface area (Å²) >= 11 is 0. The molecule has 1 aromatic carbocycles. The van der Waals surface area contributed by atoms with Crippen LogP contribution < -0.4 is 15.0 Å². The van der Waals surface area contributed by atoms with Crippen LogP contribution in [0.5, 0.6) is 5.75 Å². The highest BCUT2D eigenvalue weighted by Crippen LogP contribution is 2.31. The normalized spacial score (nSPS) is 18.5. The number of anilines is 1. The van der Waals surface area contributed by atoms with Crippen LogP contribution in [0.1, 0.15) is 19.8 Å². The summed E-state index contributed by atoms with van der Waals surface area (Å²) < 4.78 is 16.2. The van der Waals surface area contributed by atoms with Gasteiger partial charge in [0, 0.05) is 45.8 Å². The Morgan fingerprint density at radius 2 is 2.16 bits per heavy atom. The average molecular weight is 546 g/mol. The van der Waals surface area contributed by atoms with Crippen molar-refractivity contribution in [1.82, 2.24) is 10.2 Å². The number of halogens is 1. The molecule has 1 unspecified atom stereocenters. The van der Waals surface area contributed by atoms with Crippen molar-refractivity contribution in [3.63, 3.8) is 0 Å². The maximum atomic E-state index is 12.3. The van der Waals surface area contributed by atoms with Gasteiger partial charge in [-0.25, -0.2) is 0 Å². The van der Waals surface area contributed by atoms with Crippen molar-refractivity contribution in [3.05, 3.63) is 24.3 Å². The molecule has 8 nitrogen and oxygen atoms in total. The van der Waals surface area contributed by atoms with E-state index in [1.54, 1.807) is 7.11 Å². The first-order valence-electron chi connectivity index (χ1n) is 10.8. The number of carbonyl (C=O) groups is 1. The van der Waals surface area contributed by atoms with Crippen molar-refractivity contribution in [2.75, 3.05) is 71.2 Å². The molecule has 1 fully saturated rings. The highest BCUT2D eigenvalue weighted by Gasteiger charge is 2.26. The van der Waals surface area contributed by atoms with Crippen LogP contribution in [0.4, 0.5) is 5.69 Å². The molecule has 174 valence electrons. The number of hydrogen-bond acceptors (Lipinski definition) is 5. The van der Waals surface area contributed by atoms with E-state index in [9.17, 15) is 4.79 Å². The molecule has 1 saturated heterocycles. The van der Waals surface area contributed by atoms with Gasteiger partial charge in [0.1, 0.15) is 5.75 Å². The third-order valence-corrected chi connectivity index (χ3v) is 5.32. The third kappa shape index (κ3) is 7.50. The molecule has 9 heteroatoms. The highest BCUT2D eigenvalue weighted by molar-refractivity contribution is 14.0. The number of hydrogen-bond donors (Lipinski definition) is 1. The fourth-order valence-electron chi connectivity index (χ4n) is 3.79. The quantitative estimate of drug-likeness (QED) is 0.210. The van der Waals surface area contributed by atoms with Crippen molar-refractivity contribution >= 4 is 41.5 Å². The van der Waals surface area contributed by atoms with E-state index in [4.69, 9.17) is 19.2 Å². The van der Waals surface area contributed by atoms with Gasteiger partial charge >= 0.3 is 0 Å². The summed E-state index contributed by atoms with van der Waals surface area (Å²) in [6.07, 6.45) is 1.91. The molecule has 2 aliphatic heterocycles. The number of fused-ring (bicyclic) bond motifs is 1. The standard InChI is InChI=1S/C22H34N4O4.HI/c1-3-23-22(25-12-9-18(15-25)16-29-14-13-28-2)24-10-6-11-26-19-7-4-5-8-20(19)30-17-21(26)27;/h4-5,7-8,18H,3,6,9-17H2,1-2H3,(H,23,24);1H. The molecule has 0 aromatic heterocycles. The summed E-state index contributed by atoms with van der Waals surface area (Å²) in [6, 6.07) is 7.68. The van der Waals surface area contributed by atoms with Crippen LogP contribution >= 0.6 is 24.0 Å². The smallest absolute Gasteiger partial charge is 0.265 e. The molecule has 31 heavy (non-hydrogen) atoms. The van der Waals surface area contributed by atoms with E-state index in [1.807, 2.05) is 29.2 Å². The van der Waals surface area contributed by atoms with E-state index < -0.39 is 0 Å². The number of benzene rings is 1. The summed E-state index contributed by atoms with van der Waals surface area (Å²) in [5.41, 5.74) is 0.848. The summed E-state index contributed by atoms with van der Waals surface area (Å²) in [5, 5.41) is 3.40. The Hall–Kier alpha value is -1.59. The second kappa shape index (κ2) is 13.7. The second-order valence-corrected chi connectivity index (χ2v) is 7.56. The van der Waals surface area contributed by atoms with Crippen LogP contribution in [0, 0.1) is 5.92 Å². The number of nitrogens with one attached hydrogen (secondary N) is 1. The lowest BCUT2D eigenvalue weighted by Crippen LogP contribution is -2.41. The number of amides is 1. The predicted octanol–water partition coefficient (Wildman–Crippen LogP) is 2.37. The van der Waals surface area contributed by atoms with E-state index in [2.05, 4.69) is 17.1 Å². The van der Waals surface area contributed by atoms with Crippen LogP contribution in [0.15, 0.2) is 29.3 Å². The molecule has 3 rings (SSSR count). The first kappa shape index (κ1) is 25.7. The molecule has 0 bridgehead atoms. The van der Waals surface area contributed by atoms with Crippen LogP contribution in [0.25, 0.3) is 0 Å². The lowest BCUT2D eigenvalue weighted by molar-refractivity contribution is -0.121. The van der Waals surface area contributed by atoms with Gasteiger partial charge in [0.2, 0.25) is 0 Å². The Morgan fingerprint density at radius 1 is 1.32 bits per heavy atom. The van der Waals surface area contributed by atoms with Crippen molar-refractivity contribution < 1.29 is 19.0 Å². The van der Waals surface area contributed by atoms with Gasteiger partial charge in [-0.2, -0.15) is 0 Å². The maximum Gasteiger partial charge on any atom is 0.265 e. The van der Waals surface area contributed by atoms with Crippen molar-refractivity contribution in [2.45, 2.75) is 19.8 Å². The van der Waals surface area contributed by atoms with Gasteiger partial charge in [-0.1, -0.05) is 12.1 Å². The first-order chi connectivity index (χ1) is 14.7. The largest absolute Gasteiger partial charge is 0.482 e. The van der Waals surface area contributed by atoms with Gasteiger partial charge in [0.25, 0.3) is 5.91 Å². The molecule has 1 amide bonds. The molecule has 0 radical (unpaired) electrons. The van der Waals surface area contributed by atoms with Gasteiger partial charge in [-0.15, -0.1) is 24.0 Å². The van der Waals surface area contributed by atoms with Crippen molar-refractivity contribution in [3.8, 4) is 5.75 Å². The zero-order valence-electron chi connectivity index (χ0n) is 18.5. The number of aliphatic imine (C=N–C) groups is 1. The van der Waals surface area contributed by atoms with Gasteiger partial charge in [-0.3, -0.25) is 9.79 Å². The summed E-state index contributed by atoms with van der Waals surface area (Å²) in [7, 11) is 1.69. The second-order valence-electron chi connectivity index (χ2n) is 7.56. The van der Waals surface area contributed by atoms with Crippen LogP contribution in [0.3, 0.4) is 0 Å². The van der Waals surface area contributed by atoms with Crippen LogP contribution in [-0.2, 0) is 14.3 Å². The number of rotatable bonds is 10. The Labute approximate surface area is 202 Å². The van der Waals surface area contributed by atoms with E-state index in [1.165, 1.54) is 0 Å². The maximum absolute atomic E-state index is 12.3. The lowest BCUT2D eigenvalue weighted by Gasteiger charge is -2.29. The minimum atomic E-state index is 0. The number of ether oxygens (including phenoxy) is 3. The first-order valence-corrected chi connectivity index (χ1v) is 10.8. The number of methoxy groups -OCH3 is 1. The summed E-state index contributed by atoms with van der Waals surface area (Å²) in [6.45, 7) is 8.30. The predicted molar refractivity (Wildman–Crippen MR) is 133 cm³/mol. The van der Waals surface area contributed by atoms with E-state index in [-0.39, 0.29) is 36.5 Å². The zero-order valence-corrected chi connectivity index (χ0v) is 20.9. The fourth-order valence-corrected chi connectivity index (χ4v) is 3.79. The zero-order chi connectivity index (χ0) is 21.2. The van der Waals surface area contributed by atoms with Gasteiger partial charge in [0.05, 0.1) is 25.5 Å². The number of likely N-dealkylation sites (tertiary alicyclic amines) is 1. The molecular formula is C22H35IN4O4. The van der Waals surface area contributed by atoms with Crippen molar-refractivity contribution in [1.29, 1.82) is 0 Å². The monoisotopic (exact) mass is 546 g/mol. The molecule has 2 aliphatic rings. The van der Waals surface area contributed by atoms with Gasteiger partial charge in [-0.05, 0) is 31.9 Å². The molecular weight excluding hydrogens is 511 g/mol. The SMILES string of the molecule is CCNC(=NCCCN1C(=O)COc2ccccc21)N1CCC(COCCOC)C1.I. The molecule has 0 aliphatic carbocycles. The van der Waals surface area contributed by atoms with Crippen LogP contribution in [0.2, 0.25) is 0 Å². The Balaban J connectivity index is 0.00000341. The molecule has 0 saturated carbocycles. The Morgan fingerprint density at radius 3 is 2.97 bits per heavy atom. The average Bonchev–Trinajstić information content (AvgIpc) is 3.23. The molecule has 1 atom stereocenters. The molecule has 1 N–H and O–H groups in total. The number of para-hydroxylation sites is 2. The summed E-state index contributed by atoms with van der Waals surface area (Å²) in [4.78, 5) is 21.2. The van der Waals surface area contributed by atoms with Crippen LogP contribution in [-0.4, -0.2) is 83.0 Å². The molecule has 1 aromatic rings. The van der Waals surface area contributed by atoms with Gasteiger partial charge in [0.15, 0.2) is 12.6 Å². The number of carbonyl (C=O) groups excluding carboxylic acids is 1. The van der Waals surface area contributed by atoms with Gasteiger partial charge < -0.3 is 29.3 Å². The third-order valence-electron chi connectivity index (χ3n) is 5.32. The highest BCUT2D eigenvalue weighted by atomic mass is 127. The van der Waals surface area contributed by atoms with E-state index in [0.717, 1.165) is 56.5 Å². The number of nitrogens with zero attached hydrogens (tertiary/aromatic N) is 3. The van der Waals surface area contributed by atoms with E-state index >= 15 is 0 Å². The minimum Gasteiger partial charge on any atom is -0.482 e. The Bertz CT molecular complexity index is 719. The Kier molecular flexibility index (Phi) is 11.4. The molecule has 2 heterocycles. The fraction of sp³-hybridized carbons (Fsp3) is 0.636.